The maximum atomic E-state index is 10.9. The summed E-state index contributed by atoms with van der Waals surface area (Å²) in [6, 6.07) is 5.76. The second-order valence-corrected chi connectivity index (χ2v) is 5.04. The molecule has 0 aliphatic carbocycles. The molecule has 1 aromatic carbocycles. The van der Waals surface area contributed by atoms with Crippen molar-refractivity contribution in [2.75, 3.05) is 13.1 Å². The highest BCUT2D eigenvalue weighted by atomic mass is 35.5. The molecule has 0 atom stereocenters. The topological polar surface area (TPSA) is 56.3 Å². The first-order valence-corrected chi connectivity index (χ1v) is 6.47. The van der Waals surface area contributed by atoms with Crippen LogP contribution in [-0.2, 0) is 0 Å². The molecule has 0 saturated heterocycles. The van der Waals surface area contributed by atoms with Gasteiger partial charge in [-0.15, -0.1) is 0 Å². The Kier molecular flexibility index (Phi) is 2.95. The number of nitrogens with zero attached hydrogens (tertiary/aromatic N) is 1. The van der Waals surface area contributed by atoms with Gasteiger partial charge in [0.2, 0.25) is 0 Å². The summed E-state index contributed by atoms with van der Waals surface area (Å²) in [4.78, 5) is 15.5. The Labute approximate surface area is 115 Å². The summed E-state index contributed by atoms with van der Waals surface area (Å²) in [6.07, 6.45) is 3.82. The Morgan fingerprint density at radius 1 is 1.42 bits per heavy atom. The summed E-state index contributed by atoms with van der Waals surface area (Å²) in [5.41, 5.74) is 3.33. The van der Waals surface area contributed by atoms with Crippen molar-refractivity contribution in [1.82, 2.24) is 9.88 Å². The molecule has 0 bridgehead atoms. The Morgan fingerprint density at radius 3 is 2.95 bits per heavy atom. The number of rotatable bonds is 1. The van der Waals surface area contributed by atoms with Crippen molar-refractivity contribution < 1.29 is 9.90 Å². The van der Waals surface area contributed by atoms with E-state index >= 15 is 0 Å². The van der Waals surface area contributed by atoms with E-state index in [1.807, 2.05) is 30.5 Å². The quantitative estimate of drug-likeness (QED) is 0.836. The molecule has 1 aliphatic rings. The van der Waals surface area contributed by atoms with E-state index < -0.39 is 6.09 Å². The molecular weight excluding hydrogens is 264 g/mol. The summed E-state index contributed by atoms with van der Waals surface area (Å²) in [6.45, 7) is 0.992. The number of H-pyrrole nitrogens is 1. The van der Waals surface area contributed by atoms with Gasteiger partial charge in [0.05, 0.1) is 0 Å². The molecule has 1 aromatic heterocycles. The molecule has 2 heterocycles. The first-order chi connectivity index (χ1) is 9.15. The number of hydrogen-bond donors (Lipinski definition) is 2. The lowest BCUT2D eigenvalue weighted by Gasteiger charge is -2.23. The molecule has 0 unspecified atom stereocenters. The predicted octanol–water partition coefficient (Wildman–Crippen LogP) is 3.59. The van der Waals surface area contributed by atoms with E-state index in [1.165, 1.54) is 10.5 Å². The second kappa shape index (κ2) is 4.63. The Morgan fingerprint density at radius 2 is 2.26 bits per heavy atom. The summed E-state index contributed by atoms with van der Waals surface area (Å²) in [5.74, 6) is 0. The first kappa shape index (κ1) is 12.1. The molecule has 2 N–H and O–H groups in total. The Bertz CT molecular complexity index is 675. The van der Waals surface area contributed by atoms with Crippen LogP contribution in [0.1, 0.15) is 12.0 Å². The maximum absolute atomic E-state index is 10.9. The van der Waals surface area contributed by atoms with Gasteiger partial charge in [-0.25, -0.2) is 4.79 Å². The lowest BCUT2D eigenvalue weighted by molar-refractivity contribution is 0.150. The van der Waals surface area contributed by atoms with Gasteiger partial charge in [-0.3, -0.25) is 0 Å². The van der Waals surface area contributed by atoms with Gasteiger partial charge in [-0.2, -0.15) is 0 Å². The van der Waals surface area contributed by atoms with Crippen LogP contribution in [0.5, 0.6) is 0 Å². The third-order valence-electron chi connectivity index (χ3n) is 3.47. The SMILES string of the molecule is O=C(O)N1CC=C(c2c[nH]c3cc(Cl)ccc23)CC1. The maximum Gasteiger partial charge on any atom is 0.407 e. The monoisotopic (exact) mass is 276 g/mol. The van der Waals surface area contributed by atoms with E-state index in [0.29, 0.717) is 18.1 Å². The molecule has 2 aromatic rings. The number of carboxylic acid groups (broad SMARTS) is 1. The zero-order valence-electron chi connectivity index (χ0n) is 10.2. The van der Waals surface area contributed by atoms with Gasteiger partial charge in [-0.05, 0) is 24.1 Å². The van der Waals surface area contributed by atoms with Gasteiger partial charge < -0.3 is 15.0 Å². The number of carbonyl (C=O) groups is 1. The van der Waals surface area contributed by atoms with Gasteiger partial charge in [0.25, 0.3) is 0 Å². The lowest BCUT2D eigenvalue weighted by atomic mass is 9.99. The molecular formula is C14H13ClN2O2. The van der Waals surface area contributed by atoms with Crippen molar-refractivity contribution in [3.05, 3.63) is 41.1 Å². The minimum absolute atomic E-state index is 0.449. The minimum Gasteiger partial charge on any atom is -0.465 e. The van der Waals surface area contributed by atoms with Crippen LogP contribution in [0.15, 0.2) is 30.5 Å². The molecule has 0 fully saturated rings. The van der Waals surface area contributed by atoms with Crippen LogP contribution in [0.4, 0.5) is 4.79 Å². The van der Waals surface area contributed by atoms with Crippen LogP contribution in [0, 0.1) is 0 Å². The second-order valence-electron chi connectivity index (χ2n) is 4.60. The van der Waals surface area contributed by atoms with Gasteiger partial charge in [0, 0.05) is 40.8 Å². The van der Waals surface area contributed by atoms with Crippen LogP contribution in [0.3, 0.4) is 0 Å². The average molecular weight is 277 g/mol. The van der Waals surface area contributed by atoms with E-state index in [2.05, 4.69) is 4.98 Å². The van der Waals surface area contributed by atoms with Gasteiger partial charge >= 0.3 is 6.09 Å². The van der Waals surface area contributed by atoms with Crippen LogP contribution >= 0.6 is 11.6 Å². The van der Waals surface area contributed by atoms with E-state index in [4.69, 9.17) is 16.7 Å². The van der Waals surface area contributed by atoms with Crippen LogP contribution in [0.25, 0.3) is 16.5 Å². The Hall–Kier alpha value is -1.94. The normalized spacial score (nSPS) is 15.6. The van der Waals surface area contributed by atoms with E-state index in [-0.39, 0.29) is 0 Å². The number of amides is 1. The number of hydrogen-bond acceptors (Lipinski definition) is 1. The molecule has 4 nitrogen and oxygen atoms in total. The van der Waals surface area contributed by atoms with E-state index in [1.54, 1.807) is 0 Å². The predicted molar refractivity (Wildman–Crippen MR) is 75.5 cm³/mol. The largest absolute Gasteiger partial charge is 0.465 e. The molecule has 0 saturated carbocycles. The molecule has 19 heavy (non-hydrogen) atoms. The third-order valence-corrected chi connectivity index (χ3v) is 3.70. The molecule has 1 aliphatic heterocycles. The number of benzene rings is 1. The fourth-order valence-corrected chi connectivity index (χ4v) is 2.62. The van der Waals surface area contributed by atoms with Crippen molar-refractivity contribution in [2.24, 2.45) is 0 Å². The summed E-state index contributed by atoms with van der Waals surface area (Å²) in [7, 11) is 0. The smallest absolute Gasteiger partial charge is 0.407 e. The number of aromatic amines is 1. The molecule has 3 rings (SSSR count). The summed E-state index contributed by atoms with van der Waals surface area (Å²) < 4.78 is 0. The molecule has 0 spiro atoms. The van der Waals surface area contributed by atoms with Crippen LogP contribution < -0.4 is 0 Å². The number of halogens is 1. The average Bonchev–Trinajstić information content (AvgIpc) is 2.81. The van der Waals surface area contributed by atoms with Crippen LogP contribution in [0.2, 0.25) is 5.02 Å². The highest BCUT2D eigenvalue weighted by molar-refractivity contribution is 6.31. The summed E-state index contributed by atoms with van der Waals surface area (Å²) in [5, 5.41) is 10.8. The van der Waals surface area contributed by atoms with Crippen molar-refractivity contribution in [1.29, 1.82) is 0 Å². The fraction of sp³-hybridized carbons (Fsp3) is 0.214. The van der Waals surface area contributed by atoms with Crippen molar-refractivity contribution >= 4 is 34.2 Å². The van der Waals surface area contributed by atoms with Gasteiger partial charge in [0.15, 0.2) is 0 Å². The lowest BCUT2D eigenvalue weighted by Crippen LogP contribution is -2.33. The number of aromatic nitrogens is 1. The zero-order chi connectivity index (χ0) is 13.4. The fourth-order valence-electron chi connectivity index (χ4n) is 2.45. The van der Waals surface area contributed by atoms with Crippen molar-refractivity contribution in [2.45, 2.75) is 6.42 Å². The molecule has 98 valence electrons. The number of nitrogens with one attached hydrogen (secondary N) is 1. The van der Waals surface area contributed by atoms with E-state index in [9.17, 15) is 4.79 Å². The highest BCUT2D eigenvalue weighted by Crippen LogP contribution is 2.30. The zero-order valence-corrected chi connectivity index (χ0v) is 10.9. The highest BCUT2D eigenvalue weighted by Gasteiger charge is 2.18. The molecule has 1 amide bonds. The molecule has 0 radical (unpaired) electrons. The number of fused-ring (bicyclic) bond motifs is 1. The molecule has 5 heteroatoms. The van der Waals surface area contributed by atoms with Crippen LogP contribution in [-0.4, -0.2) is 34.2 Å². The first-order valence-electron chi connectivity index (χ1n) is 6.09. The summed E-state index contributed by atoms with van der Waals surface area (Å²) >= 11 is 5.96. The van der Waals surface area contributed by atoms with Gasteiger partial charge in [0.1, 0.15) is 0 Å². The van der Waals surface area contributed by atoms with Crippen molar-refractivity contribution in [3.63, 3.8) is 0 Å². The van der Waals surface area contributed by atoms with E-state index in [0.717, 1.165) is 22.9 Å². The van der Waals surface area contributed by atoms with Gasteiger partial charge in [-0.1, -0.05) is 23.7 Å². The third kappa shape index (κ3) is 2.19. The standard InChI is InChI=1S/C14H13ClN2O2/c15-10-1-2-11-12(8-16-13(11)7-10)9-3-5-17(6-4-9)14(18)19/h1-3,7-8,16H,4-6H2,(H,18,19). The minimum atomic E-state index is -0.860. The van der Waals surface area contributed by atoms with Crippen molar-refractivity contribution in [3.8, 4) is 0 Å². The Balaban J connectivity index is 1.95.